The van der Waals surface area contributed by atoms with E-state index in [1.807, 2.05) is 35.8 Å². The quantitative estimate of drug-likeness (QED) is 0.732. The monoisotopic (exact) mass is 272 g/mol. The number of rotatable bonds is 4. The second-order valence-electron chi connectivity index (χ2n) is 3.97. The van der Waals surface area contributed by atoms with Gasteiger partial charge in [-0.1, -0.05) is 5.21 Å². The van der Waals surface area contributed by atoms with Crippen LogP contribution in [0.1, 0.15) is 5.69 Å². The van der Waals surface area contributed by atoms with Gasteiger partial charge in [0, 0.05) is 17.1 Å². The third-order valence-electron chi connectivity index (χ3n) is 2.68. The Bertz CT molecular complexity index is 646. The lowest BCUT2D eigenvalue weighted by Gasteiger charge is -2.00. The van der Waals surface area contributed by atoms with Gasteiger partial charge in [0.25, 0.3) is 0 Å². The van der Waals surface area contributed by atoms with Gasteiger partial charge >= 0.3 is 0 Å². The van der Waals surface area contributed by atoms with Gasteiger partial charge in [0.2, 0.25) is 0 Å². The van der Waals surface area contributed by atoms with Crippen LogP contribution >= 0.6 is 11.3 Å². The molecule has 2 aromatic heterocycles. The summed E-state index contributed by atoms with van der Waals surface area (Å²) in [5.74, 6) is 0.850. The van der Waals surface area contributed by atoms with E-state index in [1.54, 1.807) is 29.3 Å². The van der Waals surface area contributed by atoms with Gasteiger partial charge in [-0.25, -0.2) is 9.67 Å². The standard InChI is InChI=1S/C13H12N4OS/c1-18-12-4-2-10(3-5-12)13-15-11(9-19-13)8-17-7-6-14-16-17/h2-7,9H,8H2,1H3. The maximum Gasteiger partial charge on any atom is 0.123 e. The molecule has 5 nitrogen and oxygen atoms in total. The zero-order chi connectivity index (χ0) is 13.1. The van der Waals surface area contributed by atoms with Crippen LogP contribution in [0.2, 0.25) is 0 Å². The second kappa shape index (κ2) is 5.19. The lowest BCUT2D eigenvalue weighted by Crippen LogP contribution is -2.00. The lowest BCUT2D eigenvalue weighted by molar-refractivity contribution is 0.415. The van der Waals surface area contributed by atoms with Crippen molar-refractivity contribution in [2.24, 2.45) is 0 Å². The van der Waals surface area contributed by atoms with E-state index >= 15 is 0 Å². The summed E-state index contributed by atoms with van der Waals surface area (Å²) in [6, 6.07) is 7.90. The minimum Gasteiger partial charge on any atom is -0.497 e. The Morgan fingerprint density at radius 1 is 1.26 bits per heavy atom. The third kappa shape index (κ3) is 2.63. The fraction of sp³-hybridized carbons (Fsp3) is 0.154. The molecule has 0 aliphatic carbocycles. The van der Waals surface area contributed by atoms with E-state index in [4.69, 9.17) is 4.74 Å². The zero-order valence-corrected chi connectivity index (χ0v) is 11.2. The minimum atomic E-state index is 0.645. The first kappa shape index (κ1) is 11.9. The molecular weight excluding hydrogens is 260 g/mol. The average molecular weight is 272 g/mol. The Morgan fingerprint density at radius 2 is 2.11 bits per heavy atom. The topological polar surface area (TPSA) is 52.8 Å². The van der Waals surface area contributed by atoms with Crippen LogP contribution in [0.25, 0.3) is 10.6 Å². The summed E-state index contributed by atoms with van der Waals surface area (Å²) in [6.07, 6.45) is 3.49. The number of thiazole rings is 1. The van der Waals surface area contributed by atoms with Gasteiger partial charge in [-0.2, -0.15) is 0 Å². The Morgan fingerprint density at radius 3 is 2.79 bits per heavy atom. The molecule has 0 unspecified atom stereocenters. The number of methoxy groups -OCH3 is 1. The average Bonchev–Trinajstić information content (AvgIpc) is 3.11. The molecule has 0 aliphatic rings. The highest BCUT2D eigenvalue weighted by Gasteiger charge is 2.05. The number of nitrogens with zero attached hydrogens (tertiary/aromatic N) is 4. The summed E-state index contributed by atoms with van der Waals surface area (Å²) in [5, 5.41) is 10.7. The van der Waals surface area contributed by atoms with Crippen LogP contribution < -0.4 is 4.74 Å². The molecule has 1 aromatic carbocycles. The van der Waals surface area contributed by atoms with Crippen LogP contribution in [0.3, 0.4) is 0 Å². The van der Waals surface area contributed by atoms with E-state index in [1.165, 1.54) is 0 Å². The SMILES string of the molecule is COc1ccc(-c2nc(Cn3ccnn3)cs2)cc1. The van der Waals surface area contributed by atoms with Crippen molar-refractivity contribution in [1.82, 2.24) is 20.0 Å². The van der Waals surface area contributed by atoms with Crippen LogP contribution in [-0.2, 0) is 6.54 Å². The first-order valence-corrected chi connectivity index (χ1v) is 6.66. The Kier molecular flexibility index (Phi) is 3.24. The lowest BCUT2D eigenvalue weighted by atomic mass is 10.2. The Labute approximate surface area is 114 Å². The van der Waals surface area contributed by atoms with Gasteiger partial charge in [-0.3, -0.25) is 0 Å². The maximum atomic E-state index is 5.14. The molecular formula is C13H12N4OS. The molecule has 2 heterocycles. The molecule has 0 fully saturated rings. The van der Waals surface area contributed by atoms with E-state index < -0.39 is 0 Å². The molecule has 96 valence electrons. The van der Waals surface area contributed by atoms with Gasteiger partial charge in [-0.15, -0.1) is 16.4 Å². The highest BCUT2D eigenvalue weighted by Crippen LogP contribution is 2.25. The van der Waals surface area contributed by atoms with Gasteiger partial charge in [0.05, 0.1) is 25.5 Å². The summed E-state index contributed by atoms with van der Waals surface area (Å²) >= 11 is 1.62. The maximum absolute atomic E-state index is 5.14. The molecule has 0 bridgehead atoms. The summed E-state index contributed by atoms with van der Waals surface area (Å²) < 4.78 is 6.90. The van der Waals surface area contributed by atoms with Crippen molar-refractivity contribution in [3.63, 3.8) is 0 Å². The molecule has 3 rings (SSSR count). The molecule has 0 N–H and O–H groups in total. The third-order valence-corrected chi connectivity index (χ3v) is 3.62. The highest BCUT2D eigenvalue weighted by atomic mass is 32.1. The van der Waals surface area contributed by atoms with Crippen LogP contribution in [0.4, 0.5) is 0 Å². The summed E-state index contributed by atoms with van der Waals surface area (Å²) in [4.78, 5) is 4.60. The number of aromatic nitrogens is 4. The van der Waals surface area contributed by atoms with Gasteiger partial charge < -0.3 is 4.74 Å². The van der Waals surface area contributed by atoms with Crippen molar-refractivity contribution in [3.8, 4) is 16.3 Å². The van der Waals surface area contributed by atoms with Crippen molar-refractivity contribution in [1.29, 1.82) is 0 Å². The summed E-state index contributed by atoms with van der Waals surface area (Å²) in [5.41, 5.74) is 2.08. The fourth-order valence-electron chi connectivity index (χ4n) is 1.73. The largest absolute Gasteiger partial charge is 0.497 e. The number of hydrogen-bond donors (Lipinski definition) is 0. The molecule has 6 heteroatoms. The van der Waals surface area contributed by atoms with Crippen LogP contribution in [0.5, 0.6) is 5.75 Å². The summed E-state index contributed by atoms with van der Waals surface area (Å²) in [6.45, 7) is 0.645. The second-order valence-corrected chi connectivity index (χ2v) is 4.83. The molecule has 0 saturated heterocycles. The van der Waals surface area contributed by atoms with E-state index in [0.29, 0.717) is 6.54 Å². The first-order valence-electron chi connectivity index (χ1n) is 5.78. The molecule has 0 radical (unpaired) electrons. The molecule has 19 heavy (non-hydrogen) atoms. The Hall–Kier alpha value is -2.21. The van der Waals surface area contributed by atoms with E-state index in [9.17, 15) is 0 Å². The number of benzene rings is 1. The highest BCUT2D eigenvalue weighted by molar-refractivity contribution is 7.13. The molecule has 0 aliphatic heterocycles. The van der Waals surface area contributed by atoms with Gasteiger partial charge in [0.15, 0.2) is 0 Å². The molecule has 3 aromatic rings. The number of hydrogen-bond acceptors (Lipinski definition) is 5. The first-order chi connectivity index (χ1) is 9.35. The minimum absolute atomic E-state index is 0.645. The smallest absolute Gasteiger partial charge is 0.123 e. The van der Waals surface area contributed by atoms with Crippen LogP contribution in [-0.4, -0.2) is 27.1 Å². The molecule has 0 amide bonds. The predicted molar refractivity (Wildman–Crippen MR) is 73.2 cm³/mol. The van der Waals surface area contributed by atoms with Crippen molar-refractivity contribution in [3.05, 3.63) is 47.7 Å². The van der Waals surface area contributed by atoms with E-state index in [0.717, 1.165) is 22.0 Å². The van der Waals surface area contributed by atoms with Crippen LogP contribution in [0, 0.1) is 0 Å². The van der Waals surface area contributed by atoms with E-state index in [-0.39, 0.29) is 0 Å². The van der Waals surface area contributed by atoms with Crippen molar-refractivity contribution < 1.29 is 4.74 Å². The van der Waals surface area contributed by atoms with E-state index in [2.05, 4.69) is 15.3 Å². The fourth-order valence-corrected chi connectivity index (χ4v) is 2.55. The summed E-state index contributed by atoms with van der Waals surface area (Å²) in [7, 11) is 1.66. The van der Waals surface area contributed by atoms with Gasteiger partial charge in [-0.05, 0) is 24.3 Å². The molecule has 0 atom stereocenters. The predicted octanol–water partition coefficient (Wildman–Crippen LogP) is 2.46. The van der Waals surface area contributed by atoms with Crippen LogP contribution in [0.15, 0.2) is 42.0 Å². The number of ether oxygens (including phenoxy) is 1. The van der Waals surface area contributed by atoms with Crippen molar-refractivity contribution in [2.75, 3.05) is 7.11 Å². The Balaban J connectivity index is 1.80. The van der Waals surface area contributed by atoms with Gasteiger partial charge in [0.1, 0.15) is 10.8 Å². The van der Waals surface area contributed by atoms with Crippen molar-refractivity contribution >= 4 is 11.3 Å². The normalized spacial score (nSPS) is 10.6. The van der Waals surface area contributed by atoms with Crippen molar-refractivity contribution in [2.45, 2.75) is 6.54 Å². The molecule has 0 saturated carbocycles. The molecule has 0 spiro atoms. The zero-order valence-electron chi connectivity index (χ0n) is 10.4.